The summed E-state index contributed by atoms with van der Waals surface area (Å²) in [5.41, 5.74) is 7.77. The van der Waals surface area contributed by atoms with Crippen molar-refractivity contribution in [2.45, 2.75) is 65.0 Å². The van der Waals surface area contributed by atoms with Crippen molar-refractivity contribution in [3.8, 4) is 0 Å². The first-order chi connectivity index (χ1) is 8.14. The lowest BCUT2D eigenvalue weighted by atomic mass is 9.75. The van der Waals surface area contributed by atoms with Crippen molar-refractivity contribution in [3.05, 3.63) is 18.2 Å². The first-order valence-electron chi connectivity index (χ1n) is 6.90. The summed E-state index contributed by atoms with van der Waals surface area (Å²) < 4.78 is 2.28. The predicted octanol–water partition coefficient (Wildman–Crippen LogP) is 3.26. The van der Waals surface area contributed by atoms with Crippen molar-refractivity contribution in [1.82, 2.24) is 9.55 Å². The molecule has 0 unspecified atom stereocenters. The van der Waals surface area contributed by atoms with Crippen LogP contribution in [0.4, 0.5) is 0 Å². The zero-order valence-corrected chi connectivity index (χ0v) is 11.2. The van der Waals surface area contributed by atoms with E-state index >= 15 is 0 Å². The summed E-state index contributed by atoms with van der Waals surface area (Å²) in [6, 6.07) is 0.129. The van der Waals surface area contributed by atoms with Crippen LogP contribution in [0.5, 0.6) is 0 Å². The molecule has 1 aliphatic rings. The molecule has 1 aliphatic carbocycles. The van der Waals surface area contributed by atoms with Crippen LogP contribution in [0, 0.1) is 5.41 Å². The fraction of sp³-hybridized carbons (Fsp3) is 0.786. The minimum Gasteiger partial charge on any atom is -0.333 e. The van der Waals surface area contributed by atoms with E-state index in [9.17, 15) is 0 Å². The van der Waals surface area contributed by atoms with Crippen molar-refractivity contribution in [2.24, 2.45) is 11.1 Å². The highest BCUT2D eigenvalue weighted by Gasteiger charge is 2.28. The second-order valence-corrected chi connectivity index (χ2v) is 5.83. The van der Waals surface area contributed by atoms with Gasteiger partial charge in [0.2, 0.25) is 0 Å². The van der Waals surface area contributed by atoms with Crippen LogP contribution in [-0.4, -0.2) is 9.55 Å². The Hall–Kier alpha value is -0.830. The highest BCUT2D eigenvalue weighted by Crippen LogP contribution is 2.37. The predicted molar refractivity (Wildman–Crippen MR) is 70.6 cm³/mol. The molecule has 0 spiro atoms. The van der Waals surface area contributed by atoms with Gasteiger partial charge in [0.05, 0.1) is 12.0 Å². The molecule has 2 rings (SSSR count). The number of nitrogens with zero attached hydrogens (tertiary/aromatic N) is 2. The second kappa shape index (κ2) is 5.21. The maximum Gasteiger partial charge on any atom is 0.0948 e. The number of hydrogen-bond acceptors (Lipinski definition) is 2. The lowest BCUT2D eigenvalue weighted by molar-refractivity contribution is 0.180. The van der Waals surface area contributed by atoms with E-state index in [4.69, 9.17) is 5.73 Å². The van der Waals surface area contributed by atoms with Gasteiger partial charge in [-0.15, -0.1) is 0 Å². The summed E-state index contributed by atoms with van der Waals surface area (Å²) in [6.07, 6.45) is 11.7. The van der Waals surface area contributed by atoms with Crippen LogP contribution in [0.2, 0.25) is 0 Å². The van der Waals surface area contributed by atoms with Gasteiger partial charge < -0.3 is 10.3 Å². The molecule has 96 valence electrons. The minimum atomic E-state index is 0.129. The number of rotatable bonds is 4. The van der Waals surface area contributed by atoms with E-state index < -0.39 is 0 Å². The summed E-state index contributed by atoms with van der Waals surface area (Å²) in [4.78, 5) is 4.27. The fourth-order valence-corrected chi connectivity index (χ4v) is 2.96. The van der Waals surface area contributed by atoms with Crippen LogP contribution < -0.4 is 5.73 Å². The third kappa shape index (κ3) is 2.89. The van der Waals surface area contributed by atoms with Gasteiger partial charge in [0, 0.05) is 18.8 Å². The molecule has 0 aromatic carbocycles. The monoisotopic (exact) mass is 235 g/mol. The molecule has 3 heteroatoms. The van der Waals surface area contributed by atoms with Crippen molar-refractivity contribution in [1.29, 1.82) is 0 Å². The minimum absolute atomic E-state index is 0.129. The topological polar surface area (TPSA) is 43.8 Å². The molecule has 1 fully saturated rings. The Kier molecular flexibility index (Phi) is 3.87. The van der Waals surface area contributed by atoms with Crippen LogP contribution in [0.25, 0.3) is 0 Å². The maximum atomic E-state index is 6.13. The molecule has 3 nitrogen and oxygen atoms in total. The van der Waals surface area contributed by atoms with Gasteiger partial charge >= 0.3 is 0 Å². The molecule has 0 aliphatic heterocycles. The van der Waals surface area contributed by atoms with Crippen LogP contribution >= 0.6 is 0 Å². The molecule has 1 heterocycles. The van der Waals surface area contributed by atoms with E-state index in [1.807, 2.05) is 12.5 Å². The van der Waals surface area contributed by atoms with E-state index in [1.54, 1.807) is 0 Å². The van der Waals surface area contributed by atoms with Crippen molar-refractivity contribution in [3.63, 3.8) is 0 Å². The molecule has 1 aromatic heterocycles. The Bertz CT molecular complexity index is 350. The Balaban J connectivity index is 2.10. The number of aromatic nitrogens is 2. The molecule has 0 bridgehead atoms. The molecule has 0 saturated heterocycles. The van der Waals surface area contributed by atoms with Crippen LogP contribution in [0.1, 0.15) is 64.1 Å². The van der Waals surface area contributed by atoms with Crippen molar-refractivity contribution < 1.29 is 0 Å². The van der Waals surface area contributed by atoms with E-state index in [2.05, 4.69) is 23.4 Å². The second-order valence-electron chi connectivity index (χ2n) is 5.83. The van der Waals surface area contributed by atoms with Crippen LogP contribution in [0.15, 0.2) is 12.5 Å². The molecule has 0 amide bonds. The van der Waals surface area contributed by atoms with Crippen molar-refractivity contribution in [2.75, 3.05) is 0 Å². The van der Waals surface area contributed by atoms with Gasteiger partial charge in [-0.3, -0.25) is 0 Å². The summed E-state index contributed by atoms with van der Waals surface area (Å²) in [5, 5.41) is 0. The van der Waals surface area contributed by atoms with Gasteiger partial charge in [-0.2, -0.15) is 0 Å². The molecule has 17 heavy (non-hydrogen) atoms. The zero-order valence-electron chi connectivity index (χ0n) is 11.2. The van der Waals surface area contributed by atoms with E-state index in [0.29, 0.717) is 5.41 Å². The highest BCUT2D eigenvalue weighted by molar-refractivity contribution is 5.05. The fourth-order valence-electron chi connectivity index (χ4n) is 2.96. The van der Waals surface area contributed by atoms with Crippen LogP contribution in [-0.2, 0) is 6.54 Å². The zero-order chi connectivity index (χ0) is 12.3. The lowest BCUT2D eigenvalue weighted by Crippen LogP contribution is -2.27. The average molecular weight is 235 g/mol. The summed E-state index contributed by atoms with van der Waals surface area (Å²) in [6.45, 7) is 5.62. The Morgan fingerprint density at radius 1 is 1.41 bits per heavy atom. The normalized spacial score (nSPS) is 21.4. The number of nitrogens with two attached hydrogens (primary N) is 1. The van der Waals surface area contributed by atoms with E-state index in [-0.39, 0.29) is 6.04 Å². The summed E-state index contributed by atoms with van der Waals surface area (Å²) >= 11 is 0. The van der Waals surface area contributed by atoms with Crippen LogP contribution in [0.3, 0.4) is 0 Å². The maximum absolute atomic E-state index is 6.13. The number of hydrogen-bond donors (Lipinski definition) is 1. The lowest BCUT2D eigenvalue weighted by Gasteiger charge is -2.34. The van der Waals surface area contributed by atoms with Gasteiger partial charge in [-0.1, -0.05) is 33.1 Å². The average Bonchev–Trinajstić information content (AvgIpc) is 2.76. The third-order valence-corrected chi connectivity index (χ3v) is 4.18. The number of imidazole rings is 1. The van der Waals surface area contributed by atoms with Gasteiger partial charge in [-0.05, 0) is 24.7 Å². The van der Waals surface area contributed by atoms with Gasteiger partial charge in [0.15, 0.2) is 0 Å². The molecule has 1 aromatic rings. The summed E-state index contributed by atoms with van der Waals surface area (Å²) in [7, 11) is 0. The van der Waals surface area contributed by atoms with Gasteiger partial charge in [0.1, 0.15) is 0 Å². The smallest absolute Gasteiger partial charge is 0.0948 e. The first kappa shape index (κ1) is 12.6. The van der Waals surface area contributed by atoms with Gasteiger partial charge in [-0.25, -0.2) is 4.98 Å². The quantitative estimate of drug-likeness (QED) is 0.870. The van der Waals surface area contributed by atoms with Crippen molar-refractivity contribution >= 4 is 0 Å². The van der Waals surface area contributed by atoms with E-state index in [1.165, 1.54) is 37.8 Å². The highest BCUT2D eigenvalue weighted by atomic mass is 15.1. The Labute approximate surface area is 104 Å². The van der Waals surface area contributed by atoms with E-state index in [0.717, 1.165) is 13.0 Å². The molecule has 1 atom stereocenters. The molecule has 0 radical (unpaired) electrons. The Morgan fingerprint density at radius 3 is 2.76 bits per heavy atom. The first-order valence-corrected chi connectivity index (χ1v) is 6.90. The molecule has 1 saturated carbocycles. The molecular formula is C14H25N3. The molecular weight excluding hydrogens is 210 g/mol. The standard InChI is InChI=1S/C14H25N3/c1-3-12(15)13-9-16-11-17(13)10-14(2)7-5-4-6-8-14/h9,11-12H,3-8,10,15H2,1-2H3/t12-/m1/s1. The molecule has 2 N–H and O–H groups in total. The third-order valence-electron chi connectivity index (χ3n) is 4.18. The Morgan fingerprint density at radius 2 is 2.12 bits per heavy atom. The largest absolute Gasteiger partial charge is 0.333 e. The SMILES string of the molecule is CC[C@@H](N)c1cncn1CC1(C)CCCCC1. The van der Waals surface area contributed by atoms with Gasteiger partial charge in [0.25, 0.3) is 0 Å². The summed E-state index contributed by atoms with van der Waals surface area (Å²) in [5.74, 6) is 0.